The second kappa shape index (κ2) is 9.30. The van der Waals surface area contributed by atoms with E-state index in [0.717, 1.165) is 27.2 Å². The number of nitrogens with one attached hydrogen (secondary N) is 2. The highest BCUT2D eigenvalue weighted by Gasteiger charge is 2.09. The van der Waals surface area contributed by atoms with Gasteiger partial charge in [-0.1, -0.05) is 6.07 Å². The van der Waals surface area contributed by atoms with Gasteiger partial charge in [-0.3, -0.25) is 4.99 Å². The third kappa shape index (κ3) is 5.25. The molecule has 6 nitrogen and oxygen atoms in total. The highest BCUT2D eigenvalue weighted by Crippen LogP contribution is 2.23. The Hall–Kier alpha value is -1.46. The third-order valence-corrected chi connectivity index (χ3v) is 5.29. The van der Waals surface area contributed by atoms with Crippen LogP contribution in [0.4, 0.5) is 0 Å². The largest absolute Gasteiger partial charge is 0.443 e. The second-order valence-corrected chi connectivity index (χ2v) is 7.38. The molecule has 0 radical (unpaired) electrons. The topological polar surface area (TPSA) is 75.3 Å². The van der Waals surface area contributed by atoms with Crippen LogP contribution >= 0.6 is 46.7 Å². The van der Waals surface area contributed by atoms with Gasteiger partial charge in [0.15, 0.2) is 5.96 Å². The first-order chi connectivity index (χ1) is 11.7. The van der Waals surface area contributed by atoms with E-state index >= 15 is 0 Å². The Morgan fingerprint density at radius 3 is 2.68 bits per heavy atom. The number of aliphatic imine (C=N–C) groups is 1. The summed E-state index contributed by atoms with van der Waals surface area (Å²) in [7, 11) is 1.75. The van der Waals surface area contributed by atoms with E-state index in [1.165, 1.54) is 4.88 Å². The van der Waals surface area contributed by atoms with Crippen molar-refractivity contribution in [1.82, 2.24) is 20.6 Å². The van der Waals surface area contributed by atoms with Crippen LogP contribution in [0.1, 0.15) is 21.3 Å². The number of aryl methyl sites for hydroxylation is 2. The molecule has 0 aliphatic heterocycles. The van der Waals surface area contributed by atoms with Crippen molar-refractivity contribution in [2.75, 3.05) is 7.05 Å². The van der Waals surface area contributed by atoms with Gasteiger partial charge in [-0.2, -0.15) is 0 Å². The van der Waals surface area contributed by atoms with E-state index in [1.54, 1.807) is 36.0 Å². The molecule has 3 aromatic rings. The number of hydrogen-bond donors (Lipinski definition) is 2. The molecule has 0 aliphatic carbocycles. The second-order valence-electron chi connectivity index (χ2n) is 5.14. The van der Waals surface area contributed by atoms with Crippen LogP contribution in [0.15, 0.2) is 33.2 Å². The number of aromatic nitrogens is 2. The average Bonchev–Trinajstić information content (AvgIpc) is 3.29. The SMILES string of the molecule is CN=C(NCc1coc(-c2cccs2)n1)NCc1sc(C)nc1C.I. The number of rotatable bonds is 5. The Kier molecular flexibility index (Phi) is 7.38. The number of guanidine groups is 1. The monoisotopic (exact) mass is 489 g/mol. The van der Waals surface area contributed by atoms with Crippen LogP contribution in [-0.4, -0.2) is 23.0 Å². The van der Waals surface area contributed by atoms with Crippen LogP contribution in [0.25, 0.3) is 10.8 Å². The minimum absolute atomic E-state index is 0. The van der Waals surface area contributed by atoms with Gasteiger partial charge in [0.05, 0.1) is 34.4 Å². The number of oxazole rings is 1. The summed E-state index contributed by atoms with van der Waals surface area (Å²) in [6.07, 6.45) is 1.67. The van der Waals surface area contributed by atoms with Crippen LogP contribution in [0.5, 0.6) is 0 Å². The number of hydrogen-bond acceptors (Lipinski definition) is 6. The summed E-state index contributed by atoms with van der Waals surface area (Å²) in [6.45, 7) is 5.30. The minimum atomic E-state index is 0. The molecule has 3 rings (SSSR count). The van der Waals surface area contributed by atoms with Crippen LogP contribution in [0.2, 0.25) is 0 Å². The molecule has 2 N–H and O–H groups in total. The van der Waals surface area contributed by atoms with E-state index in [-0.39, 0.29) is 24.0 Å². The quantitative estimate of drug-likeness (QED) is 0.323. The zero-order chi connectivity index (χ0) is 16.9. The predicted molar refractivity (Wildman–Crippen MR) is 114 cm³/mol. The third-order valence-electron chi connectivity index (χ3n) is 3.36. The summed E-state index contributed by atoms with van der Waals surface area (Å²) in [5, 5.41) is 9.63. The predicted octanol–water partition coefficient (Wildman–Crippen LogP) is 3.96. The van der Waals surface area contributed by atoms with Crippen LogP contribution in [-0.2, 0) is 13.1 Å². The molecule has 0 saturated carbocycles. The molecule has 0 fully saturated rings. The van der Waals surface area contributed by atoms with E-state index in [0.29, 0.717) is 19.0 Å². The van der Waals surface area contributed by atoms with E-state index < -0.39 is 0 Å². The molecule has 0 bridgehead atoms. The summed E-state index contributed by atoms with van der Waals surface area (Å²) < 4.78 is 5.52. The van der Waals surface area contributed by atoms with E-state index in [9.17, 15) is 0 Å². The Labute approximate surface area is 171 Å². The Morgan fingerprint density at radius 2 is 2.04 bits per heavy atom. The number of nitrogens with zero attached hydrogens (tertiary/aromatic N) is 3. The van der Waals surface area contributed by atoms with Crippen molar-refractivity contribution in [3.05, 3.63) is 45.0 Å². The van der Waals surface area contributed by atoms with Crippen molar-refractivity contribution < 1.29 is 4.42 Å². The molecule has 134 valence electrons. The average molecular weight is 489 g/mol. The van der Waals surface area contributed by atoms with Crippen molar-refractivity contribution in [1.29, 1.82) is 0 Å². The van der Waals surface area contributed by atoms with Crippen LogP contribution < -0.4 is 10.6 Å². The van der Waals surface area contributed by atoms with E-state index in [1.807, 2.05) is 31.4 Å². The van der Waals surface area contributed by atoms with Crippen molar-refractivity contribution in [3.63, 3.8) is 0 Å². The highest BCUT2D eigenvalue weighted by molar-refractivity contribution is 14.0. The van der Waals surface area contributed by atoms with Crippen molar-refractivity contribution in [2.24, 2.45) is 4.99 Å². The summed E-state index contributed by atoms with van der Waals surface area (Å²) in [5.74, 6) is 1.38. The molecular weight excluding hydrogens is 469 g/mol. The standard InChI is InChI=1S/C16H19N5OS2.HI/c1-10-14(24-11(2)20-10)8-19-16(17-3)18-7-12-9-22-15(21-12)13-5-4-6-23-13;/h4-6,9H,7-8H2,1-3H3,(H2,17,18,19);1H. The lowest BCUT2D eigenvalue weighted by molar-refractivity contribution is 0.573. The number of halogens is 1. The first kappa shape index (κ1) is 19.9. The molecule has 0 spiro atoms. The number of thiophene rings is 1. The maximum absolute atomic E-state index is 5.52. The number of thiazole rings is 1. The molecule has 0 aromatic carbocycles. The van der Waals surface area contributed by atoms with Gasteiger partial charge in [0.25, 0.3) is 0 Å². The van der Waals surface area contributed by atoms with Gasteiger partial charge in [-0.15, -0.1) is 46.7 Å². The maximum atomic E-state index is 5.52. The fraction of sp³-hybridized carbons (Fsp3) is 0.312. The Morgan fingerprint density at radius 1 is 1.24 bits per heavy atom. The smallest absolute Gasteiger partial charge is 0.236 e. The first-order valence-electron chi connectivity index (χ1n) is 7.51. The van der Waals surface area contributed by atoms with Crippen LogP contribution in [0.3, 0.4) is 0 Å². The fourth-order valence-electron chi connectivity index (χ4n) is 2.20. The minimum Gasteiger partial charge on any atom is -0.443 e. The summed E-state index contributed by atoms with van der Waals surface area (Å²) in [5.41, 5.74) is 1.91. The lowest BCUT2D eigenvalue weighted by Crippen LogP contribution is -2.36. The zero-order valence-electron chi connectivity index (χ0n) is 14.2. The van der Waals surface area contributed by atoms with Crippen LogP contribution in [0, 0.1) is 13.8 Å². The van der Waals surface area contributed by atoms with Gasteiger partial charge in [0.2, 0.25) is 5.89 Å². The van der Waals surface area contributed by atoms with Gasteiger partial charge in [-0.05, 0) is 25.3 Å². The first-order valence-corrected chi connectivity index (χ1v) is 9.21. The highest BCUT2D eigenvalue weighted by atomic mass is 127. The molecule has 9 heteroatoms. The Balaban J connectivity index is 0.00000225. The molecule has 0 unspecified atom stereocenters. The molecule has 3 aromatic heterocycles. The van der Waals surface area contributed by atoms with Gasteiger partial charge in [-0.25, -0.2) is 9.97 Å². The molecule has 0 atom stereocenters. The summed E-state index contributed by atoms with van der Waals surface area (Å²) >= 11 is 3.31. The summed E-state index contributed by atoms with van der Waals surface area (Å²) in [4.78, 5) is 15.4. The maximum Gasteiger partial charge on any atom is 0.236 e. The summed E-state index contributed by atoms with van der Waals surface area (Å²) in [6, 6.07) is 3.98. The van der Waals surface area contributed by atoms with Gasteiger partial charge < -0.3 is 15.1 Å². The van der Waals surface area contributed by atoms with Gasteiger partial charge in [0, 0.05) is 11.9 Å². The molecule has 0 amide bonds. The normalized spacial score (nSPS) is 11.2. The van der Waals surface area contributed by atoms with E-state index in [2.05, 4.69) is 25.6 Å². The van der Waals surface area contributed by atoms with Crippen molar-refractivity contribution in [3.8, 4) is 10.8 Å². The zero-order valence-corrected chi connectivity index (χ0v) is 18.2. The lowest BCUT2D eigenvalue weighted by atomic mass is 10.4. The Bertz CT molecular complexity index is 826. The van der Waals surface area contributed by atoms with Gasteiger partial charge in [0.1, 0.15) is 6.26 Å². The fourth-order valence-corrected chi connectivity index (χ4v) is 3.73. The van der Waals surface area contributed by atoms with E-state index in [4.69, 9.17) is 4.42 Å². The van der Waals surface area contributed by atoms with Crippen molar-refractivity contribution >= 4 is 52.6 Å². The molecule has 0 saturated heterocycles. The van der Waals surface area contributed by atoms with Gasteiger partial charge >= 0.3 is 0 Å². The molecular formula is C16H20IN5OS2. The molecule has 0 aliphatic rings. The molecule has 3 heterocycles. The molecule has 25 heavy (non-hydrogen) atoms. The van der Waals surface area contributed by atoms with Crippen molar-refractivity contribution in [2.45, 2.75) is 26.9 Å². The lowest BCUT2D eigenvalue weighted by Gasteiger charge is -2.10.